The summed E-state index contributed by atoms with van der Waals surface area (Å²) < 4.78 is 20.6. The number of hydrogen-bond donors (Lipinski definition) is 1. The second-order valence-corrected chi connectivity index (χ2v) is 9.27. The van der Waals surface area contributed by atoms with Crippen LogP contribution in [0.2, 0.25) is 0 Å². The number of aromatic nitrogens is 1. The fourth-order valence-corrected chi connectivity index (χ4v) is 4.12. The Morgan fingerprint density at radius 2 is 1.97 bits per heavy atom. The van der Waals surface area contributed by atoms with E-state index in [1.54, 1.807) is 6.07 Å². The fourth-order valence-electron chi connectivity index (χ4n) is 4.12. The van der Waals surface area contributed by atoms with E-state index in [9.17, 15) is 9.50 Å². The second-order valence-electron chi connectivity index (χ2n) is 9.27. The zero-order valence-electron chi connectivity index (χ0n) is 17.7. The van der Waals surface area contributed by atoms with Gasteiger partial charge in [-0.15, -0.1) is 0 Å². The maximum absolute atomic E-state index is 14.5. The first-order chi connectivity index (χ1) is 13.6. The predicted octanol–water partition coefficient (Wildman–Crippen LogP) is 4.31. The van der Waals surface area contributed by atoms with E-state index in [0.717, 1.165) is 35.1 Å². The van der Waals surface area contributed by atoms with Crippen LogP contribution in [0.1, 0.15) is 51.4 Å². The Balaban J connectivity index is 1.78. The van der Waals surface area contributed by atoms with Crippen LogP contribution >= 0.6 is 0 Å². The van der Waals surface area contributed by atoms with Gasteiger partial charge in [0.1, 0.15) is 11.6 Å². The number of phenolic OH excluding ortho intramolecular Hbond substituents is 1. The van der Waals surface area contributed by atoms with Gasteiger partial charge in [0.2, 0.25) is 0 Å². The first-order valence-corrected chi connectivity index (χ1v) is 9.98. The summed E-state index contributed by atoms with van der Waals surface area (Å²) in [5.74, 6) is -0.573. The molecule has 0 aliphatic carbocycles. The van der Waals surface area contributed by atoms with Crippen molar-refractivity contribution in [1.82, 2.24) is 9.88 Å². The van der Waals surface area contributed by atoms with E-state index in [-0.39, 0.29) is 16.9 Å². The van der Waals surface area contributed by atoms with Crippen LogP contribution in [-0.4, -0.2) is 45.0 Å². The van der Waals surface area contributed by atoms with Crippen molar-refractivity contribution in [3.8, 4) is 17.0 Å². The number of nitrogens with zero attached hydrogens (tertiary/aromatic N) is 3. The van der Waals surface area contributed by atoms with Gasteiger partial charge in [-0.3, -0.25) is 14.9 Å². The second kappa shape index (κ2) is 6.89. The summed E-state index contributed by atoms with van der Waals surface area (Å²) in [4.78, 5) is 11.7. The van der Waals surface area contributed by atoms with Crippen LogP contribution in [0.4, 0.5) is 4.39 Å². The lowest BCUT2D eigenvalue weighted by atomic mass is 9.93. The van der Waals surface area contributed by atoms with Gasteiger partial charge in [0.05, 0.1) is 30.1 Å². The summed E-state index contributed by atoms with van der Waals surface area (Å²) in [6.07, 6.45) is 0. The SMILES string of the molecule is CC1=NCc2nc(-c3ccc(O)cc3F)cc(CN3CC(C)(C)OCC3(C)C)c21. The predicted molar refractivity (Wildman–Crippen MR) is 112 cm³/mol. The number of aliphatic imine (C=N–C) groups is 1. The van der Waals surface area contributed by atoms with Gasteiger partial charge in [-0.2, -0.15) is 0 Å². The molecule has 2 aliphatic rings. The Labute approximate surface area is 171 Å². The number of morpholine rings is 1. The Morgan fingerprint density at radius 3 is 2.69 bits per heavy atom. The molecule has 1 aromatic carbocycles. The number of hydrogen-bond acceptors (Lipinski definition) is 5. The molecule has 1 saturated heterocycles. The molecule has 0 atom stereocenters. The average molecular weight is 397 g/mol. The molecule has 0 spiro atoms. The summed E-state index contributed by atoms with van der Waals surface area (Å²) in [6.45, 7) is 13.3. The number of halogens is 1. The van der Waals surface area contributed by atoms with Crippen LogP contribution in [0.5, 0.6) is 5.75 Å². The van der Waals surface area contributed by atoms with E-state index in [1.807, 2.05) is 13.0 Å². The zero-order chi connectivity index (χ0) is 21.0. The van der Waals surface area contributed by atoms with E-state index in [4.69, 9.17) is 9.72 Å². The lowest BCUT2D eigenvalue weighted by Crippen LogP contribution is -2.59. The van der Waals surface area contributed by atoms with E-state index in [2.05, 4.69) is 37.6 Å². The van der Waals surface area contributed by atoms with Crippen LogP contribution in [0.3, 0.4) is 0 Å². The summed E-state index contributed by atoms with van der Waals surface area (Å²) in [5.41, 5.74) is 4.66. The lowest BCUT2D eigenvalue weighted by molar-refractivity contribution is -0.146. The molecule has 3 heterocycles. The normalized spacial score (nSPS) is 20.4. The fraction of sp³-hybridized carbons (Fsp3) is 0.478. The monoisotopic (exact) mass is 397 g/mol. The third kappa shape index (κ3) is 3.79. The largest absolute Gasteiger partial charge is 0.508 e. The molecule has 4 rings (SSSR count). The Bertz CT molecular complexity index is 998. The summed E-state index contributed by atoms with van der Waals surface area (Å²) in [5, 5.41) is 9.55. The molecule has 6 heteroatoms. The van der Waals surface area contributed by atoms with Crippen LogP contribution < -0.4 is 0 Å². The number of phenols is 1. The molecule has 1 N–H and O–H groups in total. The highest BCUT2D eigenvalue weighted by Gasteiger charge is 2.39. The van der Waals surface area contributed by atoms with Crippen molar-refractivity contribution in [2.24, 2.45) is 4.99 Å². The van der Waals surface area contributed by atoms with Crippen molar-refractivity contribution in [1.29, 1.82) is 0 Å². The van der Waals surface area contributed by atoms with Crippen LogP contribution in [0, 0.1) is 5.82 Å². The molecule has 1 fully saturated rings. The highest BCUT2D eigenvalue weighted by molar-refractivity contribution is 6.03. The number of ether oxygens (including phenoxy) is 1. The Hall–Kier alpha value is -2.31. The van der Waals surface area contributed by atoms with E-state index < -0.39 is 5.82 Å². The molecular formula is C23H28FN3O2. The van der Waals surface area contributed by atoms with Gasteiger partial charge >= 0.3 is 0 Å². The first kappa shape index (κ1) is 20.0. The molecule has 0 unspecified atom stereocenters. The van der Waals surface area contributed by atoms with Crippen molar-refractivity contribution in [2.75, 3.05) is 13.2 Å². The molecule has 0 bridgehead atoms. The number of benzene rings is 1. The zero-order valence-corrected chi connectivity index (χ0v) is 17.7. The van der Waals surface area contributed by atoms with Crippen LogP contribution in [0.25, 0.3) is 11.3 Å². The van der Waals surface area contributed by atoms with Gasteiger partial charge in [0.25, 0.3) is 0 Å². The number of fused-ring (bicyclic) bond motifs is 1. The summed E-state index contributed by atoms with van der Waals surface area (Å²) in [7, 11) is 0. The third-order valence-corrected chi connectivity index (χ3v) is 5.84. The molecule has 2 aromatic rings. The number of aromatic hydroxyl groups is 1. The Kier molecular flexibility index (Phi) is 4.74. The van der Waals surface area contributed by atoms with E-state index in [1.165, 1.54) is 6.07 Å². The van der Waals surface area contributed by atoms with E-state index in [0.29, 0.717) is 31.0 Å². The van der Waals surface area contributed by atoms with Crippen molar-refractivity contribution in [3.63, 3.8) is 0 Å². The standard InChI is InChI=1S/C23H28FN3O2/c1-14-21-15(11-27-12-23(4,5)29-13-22(27,2)3)8-19(26-20(21)10-25-14)17-7-6-16(28)9-18(17)24/h6-9,28H,10-13H2,1-5H3. The Morgan fingerprint density at radius 1 is 1.21 bits per heavy atom. The molecular weight excluding hydrogens is 369 g/mol. The van der Waals surface area contributed by atoms with E-state index >= 15 is 0 Å². The van der Waals surface area contributed by atoms with Gasteiger partial charge < -0.3 is 9.84 Å². The first-order valence-electron chi connectivity index (χ1n) is 9.98. The van der Waals surface area contributed by atoms with Crippen LogP contribution in [0.15, 0.2) is 29.3 Å². The maximum Gasteiger partial charge on any atom is 0.136 e. The van der Waals surface area contributed by atoms with Crippen LogP contribution in [-0.2, 0) is 17.8 Å². The minimum atomic E-state index is -0.480. The van der Waals surface area contributed by atoms with Gasteiger partial charge in [-0.1, -0.05) is 0 Å². The summed E-state index contributed by atoms with van der Waals surface area (Å²) in [6, 6.07) is 6.16. The van der Waals surface area contributed by atoms with Crippen molar-refractivity contribution >= 4 is 5.71 Å². The topological polar surface area (TPSA) is 58.0 Å². The number of rotatable bonds is 3. The quantitative estimate of drug-likeness (QED) is 0.839. The molecule has 0 radical (unpaired) electrons. The highest BCUT2D eigenvalue weighted by Crippen LogP contribution is 2.34. The van der Waals surface area contributed by atoms with Crippen molar-refractivity contribution in [3.05, 3.63) is 46.9 Å². The highest BCUT2D eigenvalue weighted by atomic mass is 19.1. The minimum Gasteiger partial charge on any atom is -0.508 e. The van der Waals surface area contributed by atoms with Gasteiger partial charge in [0, 0.05) is 41.5 Å². The lowest BCUT2D eigenvalue weighted by Gasteiger charge is -2.49. The van der Waals surface area contributed by atoms with Gasteiger partial charge in [0.15, 0.2) is 0 Å². The molecule has 0 saturated carbocycles. The molecule has 154 valence electrons. The smallest absolute Gasteiger partial charge is 0.136 e. The molecule has 0 amide bonds. The number of pyridine rings is 1. The van der Waals surface area contributed by atoms with Crippen molar-refractivity contribution < 1.29 is 14.2 Å². The third-order valence-electron chi connectivity index (χ3n) is 5.84. The minimum absolute atomic E-state index is 0.0934. The average Bonchev–Trinajstić information content (AvgIpc) is 3.00. The van der Waals surface area contributed by atoms with Gasteiger partial charge in [-0.05, 0) is 58.4 Å². The summed E-state index contributed by atoms with van der Waals surface area (Å²) >= 11 is 0. The molecule has 5 nitrogen and oxygen atoms in total. The van der Waals surface area contributed by atoms with Gasteiger partial charge in [-0.25, -0.2) is 4.39 Å². The van der Waals surface area contributed by atoms with Crippen molar-refractivity contribution in [2.45, 2.75) is 58.8 Å². The molecule has 2 aliphatic heterocycles. The maximum atomic E-state index is 14.5. The molecule has 1 aromatic heterocycles. The molecule has 29 heavy (non-hydrogen) atoms.